The van der Waals surface area contributed by atoms with Crippen molar-refractivity contribution in [3.8, 4) is 0 Å². The molecule has 0 saturated heterocycles. The minimum atomic E-state index is -4.55. The van der Waals surface area contributed by atoms with Gasteiger partial charge in [0.15, 0.2) is 15.5 Å². The van der Waals surface area contributed by atoms with Crippen molar-refractivity contribution in [1.82, 2.24) is 14.5 Å². The van der Waals surface area contributed by atoms with E-state index in [1.807, 2.05) is 0 Å². The Kier molecular flexibility index (Phi) is 5.73. The van der Waals surface area contributed by atoms with Crippen molar-refractivity contribution in [2.45, 2.75) is 13.1 Å². The Labute approximate surface area is 170 Å². The summed E-state index contributed by atoms with van der Waals surface area (Å²) in [4.78, 5) is 8.13. The molecule has 2 heterocycles. The van der Waals surface area contributed by atoms with Crippen LogP contribution in [0.25, 0.3) is 22.8 Å². The van der Waals surface area contributed by atoms with Gasteiger partial charge in [-0.1, -0.05) is 30.7 Å². The maximum Gasteiger partial charge on any atom is 0.417 e. The van der Waals surface area contributed by atoms with E-state index in [0.717, 1.165) is 12.3 Å². The number of hydrogen-bond acceptors (Lipinski definition) is 4. The van der Waals surface area contributed by atoms with Crippen LogP contribution in [-0.2, 0) is 23.1 Å². The molecule has 0 aliphatic heterocycles. The predicted molar refractivity (Wildman–Crippen MR) is 107 cm³/mol. The summed E-state index contributed by atoms with van der Waals surface area (Å²) in [6.45, 7) is 1.53. The number of aryl methyl sites for hydroxylation is 1. The Morgan fingerprint density at radius 2 is 2.00 bits per heavy atom. The van der Waals surface area contributed by atoms with Crippen LogP contribution in [0.1, 0.15) is 23.9 Å². The molecule has 3 rings (SSSR count). The molecule has 0 aliphatic carbocycles. The SMILES string of the molecule is CCS(=O)(=O)C/C(=C\c1cccc(Cl)c1)c1nc2cc(C(F)(F)F)cnc2n1C. The molecule has 0 saturated carbocycles. The van der Waals surface area contributed by atoms with E-state index >= 15 is 0 Å². The fourth-order valence-electron chi connectivity index (χ4n) is 2.83. The molecule has 10 heteroatoms. The number of benzene rings is 1. The van der Waals surface area contributed by atoms with E-state index in [-0.39, 0.29) is 28.5 Å². The summed E-state index contributed by atoms with van der Waals surface area (Å²) in [5.74, 6) is -0.177. The van der Waals surface area contributed by atoms with Gasteiger partial charge in [0.1, 0.15) is 11.3 Å². The normalized spacial score (nSPS) is 13.2. The highest BCUT2D eigenvalue weighted by Crippen LogP contribution is 2.31. The number of nitrogens with zero attached hydrogens (tertiary/aromatic N) is 3. The lowest BCUT2D eigenvalue weighted by Crippen LogP contribution is -2.12. The third kappa shape index (κ3) is 4.79. The summed E-state index contributed by atoms with van der Waals surface area (Å²) in [6, 6.07) is 7.69. The van der Waals surface area contributed by atoms with Crippen LogP contribution in [0.5, 0.6) is 0 Å². The number of aromatic nitrogens is 3. The number of fused-ring (bicyclic) bond motifs is 1. The Balaban J connectivity index is 2.19. The lowest BCUT2D eigenvalue weighted by molar-refractivity contribution is -0.137. The van der Waals surface area contributed by atoms with Crippen molar-refractivity contribution in [1.29, 1.82) is 0 Å². The van der Waals surface area contributed by atoms with Gasteiger partial charge in [0.25, 0.3) is 0 Å². The molecule has 0 amide bonds. The quantitative estimate of drug-likeness (QED) is 0.577. The lowest BCUT2D eigenvalue weighted by Gasteiger charge is -2.09. The van der Waals surface area contributed by atoms with Gasteiger partial charge in [-0.2, -0.15) is 13.2 Å². The number of hydrogen-bond donors (Lipinski definition) is 0. The molecule has 0 spiro atoms. The van der Waals surface area contributed by atoms with Gasteiger partial charge in [0, 0.05) is 29.6 Å². The van der Waals surface area contributed by atoms with Crippen molar-refractivity contribution in [2.24, 2.45) is 7.05 Å². The molecule has 5 nitrogen and oxygen atoms in total. The highest BCUT2D eigenvalue weighted by molar-refractivity contribution is 7.91. The first-order valence-electron chi connectivity index (χ1n) is 8.57. The summed E-state index contributed by atoms with van der Waals surface area (Å²) in [6.07, 6.45) is -2.20. The second kappa shape index (κ2) is 7.79. The molecule has 1 aromatic carbocycles. The van der Waals surface area contributed by atoms with Gasteiger partial charge in [-0.05, 0) is 29.8 Å². The summed E-state index contributed by atoms with van der Waals surface area (Å²) in [5, 5.41) is 0.470. The molecule has 0 radical (unpaired) electrons. The zero-order chi connectivity index (χ0) is 21.4. The lowest BCUT2D eigenvalue weighted by atomic mass is 10.1. The highest BCUT2D eigenvalue weighted by atomic mass is 35.5. The molecular formula is C19H17ClF3N3O2S. The monoisotopic (exact) mass is 443 g/mol. The fourth-order valence-corrected chi connectivity index (χ4v) is 3.91. The summed E-state index contributed by atoms with van der Waals surface area (Å²) >= 11 is 6.01. The van der Waals surface area contributed by atoms with E-state index in [1.54, 1.807) is 37.4 Å². The summed E-state index contributed by atoms with van der Waals surface area (Å²) in [7, 11) is -1.86. The molecule has 154 valence electrons. The van der Waals surface area contributed by atoms with E-state index in [1.165, 1.54) is 11.5 Å². The van der Waals surface area contributed by atoms with Crippen LogP contribution in [0, 0.1) is 0 Å². The van der Waals surface area contributed by atoms with Gasteiger partial charge in [0.2, 0.25) is 0 Å². The zero-order valence-corrected chi connectivity index (χ0v) is 17.1. The largest absolute Gasteiger partial charge is 0.417 e. The van der Waals surface area contributed by atoms with Crippen LogP contribution >= 0.6 is 11.6 Å². The molecule has 29 heavy (non-hydrogen) atoms. The van der Waals surface area contributed by atoms with E-state index in [2.05, 4.69) is 9.97 Å². The Bertz CT molecular complexity index is 1200. The number of imidazole rings is 1. The van der Waals surface area contributed by atoms with Crippen molar-refractivity contribution in [3.63, 3.8) is 0 Å². The van der Waals surface area contributed by atoms with Crippen molar-refractivity contribution >= 4 is 44.3 Å². The van der Waals surface area contributed by atoms with Crippen LogP contribution in [-0.4, -0.2) is 34.5 Å². The van der Waals surface area contributed by atoms with Crippen LogP contribution < -0.4 is 0 Å². The summed E-state index contributed by atoms with van der Waals surface area (Å²) in [5.41, 5.74) is 0.316. The highest BCUT2D eigenvalue weighted by Gasteiger charge is 2.32. The van der Waals surface area contributed by atoms with Crippen LogP contribution in [0.2, 0.25) is 5.02 Å². The van der Waals surface area contributed by atoms with Crippen molar-refractivity contribution in [2.75, 3.05) is 11.5 Å². The van der Waals surface area contributed by atoms with Crippen LogP contribution in [0.15, 0.2) is 36.5 Å². The van der Waals surface area contributed by atoms with Gasteiger partial charge in [-0.15, -0.1) is 0 Å². The molecule has 0 aliphatic rings. The zero-order valence-electron chi connectivity index (χ0n) is 15.5. The van der Waals surface area contributed by atoms with E-state index in [9.17, 15) is 21.6 Å². The Morgan fingerprint density at radius 3 is 2.62 bits per heavy atom. The molecule has 2 aromatic heterocycles. The van der Waals surface area contributed by atoms with Crippen molar-refractivity contribution in [3.05, 3.63) is 58.5 Å². The molecular weight excluding hydrogens is 427 g/mol. The molecule has 0 unspecified atom stereocenters. The van der Waals surface area contributed by atoms with E-state index < -0.39 is 21.6 Å². The molecule has 0 atom stereocenters. The number of sulfone groups is 1. The maximum absolute atomic E-state index is 13.0. The second-order valence-electron chi connectivity index (χ2n) is 6.46. The van der Waals surface area contributed by atoms with Gasteiger partial charge in [0.05, 0.1) is 11.3 Å². The Morgan fingerprint density at radius 1 is 1.28 bits per heavy atom. The maximum atomic E-state index is 13.0. The Hall–Kier alpha value is -2.39. The third-order valence-electron chi connectivity index (χ3n) is 4.33. The van der Waals surface area contributed by atoms with E-state index in [0.29, 0.717) is 16.2 Å². The average molecular weight is 444 g/mol. The number of rotatable bonds is 5. The minimum Gasteiger partial charge on any atom is -0.312 e. The number of alkyl halides is 3. The topological polar surface area (TPSA) is 64.8 Å². The van der Waals surface area contributed by atoms with Crippen molar-refractivity contribution < 1.29 is 21.6 Å². The molecule has 0 fully saturated rings. The van der Waals surface area contributed by atoms with Crippen LogP contribution in [0.4, 0.5) is 13.2 Å². The van der Waals surface area contributed by atoms with Gasteiger partial charge < -0.3 is 4.57 Å². The number of pyridine rings is 1. The first-order chi connectivity index (χ1) is 13.5. The average Bonchev–Trinajstić information content (AvgIpc) is 2.97. The standard InChI is InChI=1S/C19H17ClF3N3O2S/c1-3-29(27,28)11-13(7-12-5-4-6-15(20)8-12)17-25-16-9-14(19(21,22)23)10-24-18(16)26(17)2/h4-10H,3,11H2,1-2H3/b13-7+. The number of halogens is 4. The second-order valence-corrected chi connectivity index (χ2v) is 9.25. The first-order valence-corrected chi connectivity index (χ1v) is 10.8. The predicted octanol–water partition coefficient (Wildman–Crippen LogP) is 4.62. The van der Waals surface area contributed by atoms with Crippen LogP contribution in [0.3, 0.4) is 0 Å². The smallest absolute Gasteiger partial charge is 0.312 e. The third-order valence-corrected chi connectivity index (χ3v) is 6.19. The molecule has 0 bridgehead atoms. The summed E-state index contributed by atoms with van der Waals surface area (Å²) < 4.78 is 65.0. The van der Waals surface area contributed by atoms with Gasteiger partial charge >= 0.3 is 6.18 Å². The fraction of sp³-hybridized carbons (Fsp3) is 0.263. The first kappa shape index (κ1) is 21.3. The van der Waals surface area contributed by atoms with E-state index in [4.69, 9.17) is 11.6 Å². The molecule has 0 N–H and O–H groups in total. The molecule has 3 aromatic rings. The van der Waals surface area contributed by atoms with Gasteiger partial charge in [-0.3, -0.25) is 0 Å². The minimum absolute atomic E-state index is 0.0308. The van der Waals surface area contributed by atoms with Gasteiger partial charge in [-0.25, -0.2) is 18.4 Å².